The van der Waals surface area contributed by atoms with Crippen molar-refractivity contribution in [1.82, 2.24) is 9.97 Å². The summed E-state index contributed by atoms with van der Waals surface area (Å²) in [6, 6.07) is 47.5. The molecule has 65 heavy (non-hydrogen) atoms. The maximum Gasteiger partial charge on any atom is 0.451 e. The van der Waals surface area contributed by atoms with Crippen LogP contribution in [0.15, 0.2) is 140 Å². The summed E-state index contributed by atoms with van der Waals surface area (Å²) in [6.45, 7) is 8.33. The first-order valence-electron chi connectivity index (χ1n) is 23.7. The number of hydrogen-bond acceptors (Lipinski definition) is 6. The van der Waals surface area contributed by atoms with Crippen LogP contribution in [-0.2, 0) is 6.42 Å². The molecule has 2 saturated carbocycles. The molecule has 0 radical (unpaired) electrons. The molecule has 0 aliphatic heterocycles. The number of halogens is 1. The minimum Gasteiger partial charge on any atom is -0.496 e. The van der Waals surface area contributed by atoms with E-state index in [2.05, 4.69) is 90.5 Å². The van der Waals surface area contributed by atoms with Gasteiger partial charge in [-0.3, -0.25) is 4.98 Å². The van der Waals surface area contributed by atoms with Crippen molar-refractivity contribution in [3.8, 4) is 45.1 Å². The summed E-state index contributed by atoms with van der Waals surface area (Å²) in [7, 11) is 2.23. The Hall–Kier alpha value is -4.52. The van der Waals surface area contributed by atoms with Gasteiger partial charge in [0.05, 0.1) is 31.2 Å². The summed E-state index contributed by atoms with van der Waals surface area (Å²) < 4.78 is 11.6. The summed E-state index contributed by atoms with van der Waals surface area (Å²) in [5.74, 6) is 2.86. The van der Waals surface area contributed by atoms with E-state index in [0.29, 0.717) is 23.3 Å². The summed E-state index contributed by atoms with van der Waals surface area (Å²) in [5.41, 5.74) is 9.66. The number of ether oxygens (including phenoxy) is 2. The van der Waals surface area contributed by atoms with E-state index < -0.39 is 7.12 Å². The van der Waals surface area contributed by atoms with Gasteiger partial charge < -0.3 is 19.5 Å². The zero-order chi connectivity index (χ0) is 46.4. The lowest BCUT2D eigenvalue weighted by atomic mass is 9.80. The highest BCUT2D eigenvalue weighted by molar-refractivity contribution is 7.67. The van der Waals surface area contributed by atoms with E-state index in [4.69, 9.17) is 31.1 Å². The van der Waals surface area contributed by atoms with E-state index in [1.165, 1.54) is 81.0 Å². The van der Waals surface area contributed by atoms with Crippen LogP contribution in [0.4, 0.5) is 0 Å². The second-order valence-electron chi connectivity index (χ2n) is 17.8. The van der Waals surface area contributed by atoms with Crippen LogP contribution in [0.3, 0.4) is 0 Å². The Bertz CT molecular complexity index is 2200. The van der Waals surface area contributed by atoms with Crippen molar-refractivity contribution in [1.29, 1.82) is 0 Å². The second-order valence-corrected chi connectivity index (χ2v) is 21.0. The van der Waals surface area contributed by atoms with Gasteiger partial charge in [0.1, 0.15) is 16.7 Å². The van der Waals surface area contributed by atoms with Crippen LogP contribution < -0.4 is 14.8 Å². The third-order valence-corrected chi connectivity index (χ3v) is 15.5. The Morgan fingerprint density at radius 2 is 1.05 bits per heavy atom. The molecule has 4 aromatic carbocycles. The molecule has 2 aliphatic carbocycles. The Balaban J connectivity index is 0.000000185. The third kappa shape index (κ3) is 16.7. The summed E-state index contributed by atoms with van der Waals surface area (Å²) in [6.07, 6.45) is 15.7. The van der Waals surface area contributed by atoms with E-state index in [0.717, 1.165) is 51.8 Å². The average Bonchev–Trinajstić information content (AvgIpc) is 3.33. The highest BCUT2D eigenvalue weighted by Crippen LogP contribution is 2.57. The number of rotatable bonds is 12. The highest BCUT2D eigenvalue weighted by atomic mass is 35.5. The molecule has 6 nitrogen and oxygen atoms in total. The van der Waals surface area contributed by atoms with Crippen LogP contribution in [0.1, 0.15) is 97.6 Å². The van der Waals surface area contributed by atoms with Gasteiger partial charge in [0.25, 0.3) is 0 Å². The van der Waals surface area contributed by atoms with Gasteiger partial charge >= 0.3 is 7.12 Å². The van der Waals surface area contributed by atoms with Crippen LogP contribution in [0.5, 0.6) is 11.5 Å². The van der Waals surface area contributed by atoms with Crippen molar-refractivity contribution in [2.75, 3.05) is 14.2 Å². The van der Waals surface area contributed by atoms with Crippen molar-refractivity contribution in [2.45, 2.75) is 116 Å². The minimum absolute atomic E-state index is 0.182. The van der Waals surface area contributed by atoms with Crippen LogP contribution in [0, 0.1) is 11.8 Å². The molecule has 0 amide bonds. The number of methoxy groups -OCH3 is 2. The molecule has 0 saturated heterocycles. The van der Waals surface area contributed by atoms with E-state index >= 15 is 0 Å². The molecule has 0 unspecified atom stereocenters. The zero-order valence-electron chi connectivity index (χ0n) is 39.6. The Morgan fingerprint density at radius 3 is 1.51 bits per heavy atom. The van der Waals surface area contributed by atoms with Gasteiger partial charge in [-0.2, -0.15) is 0 Å². The van der Waals surface area contributed by atoms with Gasteiger partial charge in [-0.1, -0.05) is 189 Å². The number of hydrogen-bond donors (Lipinski definition) is 2. The minimum atomic E-state index is -1.13. The fourth-order valence-corrected chi connectivity index (χ4v) is 12.9. The molecular weight excluding hydrogens is 842 g/mol. The summed E-state index contributed by atoms with van der Waals surface area (Å²) in [4.78, 5) is 8.89. The Labute approximate surface area is 397 Å². The van der Waals surface area contributed by atoms with Gasteiger partial charge in [-0.25, -0.2) is 4.98 Å². The third-order valence-electron chi connectivity index (χ3n) is 11.8. The molecule has 9 heteroatoms. The SMILES string of the molecule is CC(C)CB(O)O.CC(C)Cc1cccc(-c2ccccc2)n1.COc1cccc(OC)c1-c1ccccc1P(C1CCCCC1)C1CCCCC1.Clc1cccc(-c2ccccc2)n1. The smallest absolute Gasteiger partial charge is 0.451 e. The van der Waals surface area contributed by atoms with Crippen LogP contribution in [-0.4, -0.2) is 52.7 Å². The summed E-state index contributed by atoms with van der Waals surface area (Å²) >= 11 is 5.78. The maximum atomic E-state index is 8.28. The second kappa shape index (κ2) is 27.8. The molecule has 0 spiro atoms. The van der Waals surface area contributed by atoms with Crippen LogP contribution >= 0.6 is 19.5 Å². The molecule has 2 fully saturated rings. The fraction of sp³-hybridized carbons (Fsp3) is 0.393. The molecule has 2 N–H and O–H groups in total. The van der Waals surface area contributed by atoms with Gasteiger partial charge in [0.15, 0.2) is 0 Å². The van der Waals surface area contributed by atoms with Crippen LogP contribution in [0.25, 0.3) is 33.6 Å². The monoisotopic (exact) mass is 912 g/mol. The predicted molar refractivity (Wildman–Crippen MR) is 278 cm³/mol. The summed E-state index contributed by atoms with van der Waals surface area (Å²) in [5, 5.41) is 18.7. The van der Waals surface area contributed by atoms with Crippen molar-refractivity contribution < 1.29 is 19.5 Å². The van der Waals surface area contributed by atoms with Crippen molar-refractivity contribution in [2.24, 2.45) is 11.8 Å². The van der Waals surface area contributed by atoms with Gasteiger partial charge in [0, 0.05) is 16.8 Å². The van der Waals surface area contributed by atoms with Gasteiger partial charge in [-0.15, -0.1) is 0 Å². The Morgan fingerprint density at radius 1 is 0.569 bits per heavy atom. The van der Waals surface area contributed by atoms with E-state index in [9.17, 15) is 0 Å². The van der Waals surface area contributed by atoms with Crippen molar-refractivity contribution in [3.63, 3.8) is 0 Å². The number of nitrogens with zero attached hydrogens (tertiary/aromatic N) is 2. The van der Waals surface area contributed by atoms with Crippen LogP contribution in [0.2, 0.25) is 11.5 Å². The largest absolute Gasteiger partial charge is 0.496 e. The van der Waals surface area contributed by atoms with E-state index in [-0.39, 0.29) is 7.92 Å². The normalized spacial score (nSPS) is 14.0. The first-order chi connectivity index (χ1) is 31.6. The molecule has 2 aliphatic rings. The molecular formula is C56H71BClN2O4P. The molecule has 8 rings (SSSR count). The highest BCUT2D eigenvalue weighted by Gasteiger charge is 2.34. The van der Waals surface area contributed by atoms with Crippen molar-refractivity contribution >= 4 is 31.9 Å². The first-order valence-corrected chi connectivity index (χ1v) is 25.6. The Kier molecular flexibility index (Phi) is 22.0. The molecule has 344 valence electrons. The van der Waals surface area contributed by atoms with E-state index in [1.54, 1.807) is 25.6 Å². The quantitative estimate of drug-likeness (QED) is 0.0723. The zero-order valence-corrected chi connectivity index (χ0v) is 41.2. The lowest BCUT2D eigenvalue weighted by Gasteiger charge is -2.39. The first kappa shape index (κ1) is 51.5. The number of aromatic nitrogens is 2. The topological polar surface area (TPSA) is 84.7 Å². The molecule has 2 aromatic heterocycles. The van der Waals surface area contributed by atoms with Gasteiger partial charge in [0.2, 0.25) is 0 Å². The lowest BCUT2D eigenvalue weighted by Crippen LogP contribution is -2.27. The maximum absolute atomic E-state index is 8.28. The van der Waals surface area contributed by atoms with Gasteiger partial charge in [-0.05, 0) is 109 Å². The fourth-order valence-electron chi connectivity index (χ4n) is 8.82. The average molecular weight is 913 g/mol. The molecule has 0 atom stereocenters. The molecule has 2 heterocycles. The van der Waals surface area contributed by atoms with E-state index in [1.807, 2.05) is 80.6 Å². The lowest BCUT2D eigenvalue weighted by molar-refractivity contribution is 0.394. The standard InChI is InChI=1S/C26H35O2P.C15H17N.C11H8ClN.C4H11BO2/c1-27-23-17-11-18-24(28-2)26(23)22-16-9-10-19-25(22)29(20-12-5-3-6-13-20)21-14-7-4-8-15-21;1-12(2)11-14-9-6-10-15(16-14)13-7-4-3-5-8-13;12-11-8-4-7-10(13-11)9-5-2-1-3-6-9;1-4(2)3-5(6)7/h9-11,16-21H,3-8,12-15H2,1-2H3;3-10,12H,11H2,1-2H3;1-8H;4,6-7H,3H2,1-2H3. The predicted octanol–water partition coefficient (Wildman–Crippen LogP) is 14.6. The number of benzene rings is 4. The van der Waals surface area contributed by atoms with Crippen molar-refractivity contribution in [3.05, 3.63) is 150 Å². The molecule has 0 bridgehead atoms. The number of pyridine rings is 2. The molecule has 6 aromatic rings.